The number of benzene rings is 3. The van der Waals surface area contributed by atoms with E-state index in [-0.39, 0.29) is 51.2 Å². The summed E-state index contributed by atoms with van der Waals surface area (Å²) in [6.45, 7) is 0.151. The average molecular weight is 656 g/mol. The lowest BCUT2D eigenvalue weighted by Crippen LogP contribution is -2.59. The number of nitrogens with zero attached hydrogens (tertiary/aromatic N) is 3. The fourth-order valence-electron chi connectivity index (χ4n) is 6.41. The van der Waals surface area contributed by atoms with Crippen molar-refractivity contribution in [2.24, 2.45) is 0 Å². The van der Waals surface area contributed by atoms with Gasteiger partial charge < -0.3 is 24.2 Å². The predicted molar refractivity (Wildman–Crippen MR) is 164 cm³/mol. The molecule has 1 N–H and O–H groups in total. The second kappa shape index (κ2) is 12.2. The Kier molecular flexibility index (Phi) is 8.71. The van der Waals surface area contributed by atoms with Crippen molar-refractivity contribution in [1.29, 1.82) is 0 Å². The summed E-state index contributed by atoms with van der Waals surface area (Å²) in [4.78, 5) is 43.2. The zero-order valence-corrected chi connectivity index (χ0v) is 26.8. The zero-order chi connectivity index (χ0) is 33.6. The quantitative estimate of drug-likeness (QED) is 0.346. The molecule has 2 aliphatic rings. The summed E-state index contributed by atoms with van der Waals surface area (Å²) in [5.74, 6) is -2.95. The number of likely N-dealkylation sites (N-methyl/N-ethyl adjacent to an activating group) is 1. The minimum atomic E-state index is -4.77. The molecule has 3 aromatic rings. The number of amides is 2. The minimum absolute atomic E-state index is 0.0437. The van der Waals surface area contributed by atoms with Gasteiger partial charge in [0.2, 0.25) is 5.91 Å². The number of rotatable bonds is 10. The topological polar surface area (TPSA) is 143 Å². The van der Waals surface area contributed by atoms with Gasteiger partial charge in [0.05, 0.1) is 39.5 Å². The summed E-state index contributed by atoms with van der Waals surface area (Å²) in [5, 5.41) is 9.59. The molecular formula is C32H34FN3O9S. The van der Waals surface area contributed by atoms with Gasteiger partial charge in [-0.3, -0.25) is 19.3 Å². The van der Waals surface area contributed by atoms with E-state index in [4.69, 9.17) is 14.2 Å². The van der Waals surface area contributed by atoms with E-state index in [0.717, 1.165) is 12.1 Å². The molecule has 14 heteroatoms. The fourth-order valence-corrected chi connectivity index (χ4v) is 8.01. The number of carboxylic acids is 1. The summed E-state index contributed by atoms with van der Waals surface area (Å²) in [6, 6.07) is 10.8. The number of anilines is 1. The van der Waals surface area contributed by atoms with Gasteiger partial charge in [-0.15, -0.1) is 0 Å². The van der Waals surface area contributed by atoms with Crippen LogP contribution in [0.4, 0.5) is 10.1 Å². The van der Waals surface area contributed by atoms with Crippen LogP contribution in [0, 0.1) is 5.82 Å². The Morgan fingerprint density at radius 1 is 0.978 bits per heavy atom. The van der Waals surface area contributed by atoms with Crippen LogP contribution >= 0.6 is 0 Å². The predicted octanol–water partition coefficient (Wildman–Crippen LogP) is 3.01. The van der Waals surface area contributed by atoms with E-state index < -0.39 is 45.7 Å². The molecule has 1 saturated heterocycles. The van der Waals surface area contributed by atoms with Gasteiger partial charge in [-0.2, -0.15) is 0 Å². The van der Waals surface area contributed by atoms with Crippen molar-refractivity contribution in [3.63, 3.8) is 0 Å². The smallest absolute Gasteiger partial charge is 0.307 e. The Morgan fingerprint density at radius 3 is 2.33 bits per heavy atom. The Labute approximate surface area is 265 Å². The monoisotopic (exact) mass is 655 g/mol. The maximum Gasteiger partial charge on any atom is 0.307 e. The molecule has 1 unspecified atom stereocenters. The Hall–Kier alpha value is -4.69. The van der Waals surface area contributed by atoms with Crippen molar-refractivity contribution < 1.29 is 46.5 Å². The van der Waals surface area contributed by atoms with Crippen molar-refractivity contribution >= 4 is 33.5 Å². The molecule has 1 fully saturated rings. The highest BCUT2D eigenvalue weighted by molar-refractivity contribution is 7.93. The number of methoxy groups -OCH3 is 3. The van der Waals surface area contributed by atoms with Crippen molar-refractivity contribution in [3.8, 4) is 17.2 Å². The number of ether oxygens (including phenoxy) is 3. The number of aliphatic carboxylic acids is 1. The molecule has 0 aromatic heterocycles. The first-order chi connectivity index (χ1) is 21.8. The van der Waals surface area contributed by atoms with Crippen LogP contribution in [0.1, 0.15) is 29.5 Å². The van der Waals surface area contributed by atoms with Gasteiger partial charge in [0.15, 0.2) is 5.54 Å². The van der Waals surface area contributed by atoms with Crippen LogP contribution in [0.15, 0.2) is 59.5 Å². The number of carbonyl (C=O) groups is 3. The first-order valence-electron chi connectivity index (χ1n) is 14.3. The molecule has 2 heterocycles. The first-order valence-corrected chi connectivity index (χ1v) is 15.8. The van der Waals surface area contributed by atoms with Crippen LogP contribution in [0.2, 0.25) is 0 Å². The van der Waals surface area contributed by atoms with E-state index in [1.165, 1.54) is 68.7 Å². The number of likely N-dealkylation sites (tertiary alicyclic amines) is 1. The van der Waals surface area contributed by atoms with Crippen molar-refractivity contribution in [3.05, 3.63) is 77.1 Å². The highest BCUT2D eigenvalue weighted by atomic mass is 32.2. The molecule has 0 aliphatic carbocycles. The second-order valence-corrected chi connectivity index (χ2v) is 12.9. The summed E-state index contributed by atoms with van der Waals surface area (Å²) < 4.78 is 61.3. The molecule has 0 spiro atoms. The molecule has 0 bridgehead atoms. The van der Waals surface area contributed by atoms with Crippen molar-refractivity contribution in [2.75, 3.05) is 46.3 Å². The Morgan fingerprint density at radius 2 is 1.70 bits per heavy atom. The fraction of sp³-hybridized carbons (Fsp3) is 0.344. The van der Waals surface area contributed by atoms with E-state index in [9.17, 15) is 23.1 Å². The SMILES string of the molecule is COc1ccc(S(=O)(=O)N2C(=O)C(c3cc(CC(=O)O)ccc3OC)(N3CCC[C@H]3C(=O)N(C)C)c3cc(F)ccc32)c(OC)c1. The molecule has 0 saturated carbocycles. The van der Waals surface area contributed by atoms with Gasteiger partial charge in [0.25, 0.3) is 15.9 Å². The van der Waals surface area contributed by atoms with Gasteiger partial charge in [-0.1, -0.05) is 6.07 Å². The van der Waals surface area contributed by atoms with Gasteiger partial charge in [0.1, 0.15) is 28.0 Å². The molecule has 2 atom stereocenters. The maximum atomic E-state index is 15.3. The largest absolute Gasteiger partial charge is 0.497 e. The van der Waals surface area contributed by atoms with Gasteiger partial charge in [-0.05, 0) is 60.9 Å². The third-order valence-electron chi connectivity index (χ3n) is 8.37. The van der Waals surface area contributed by atoms with Crippen molar-refractivity contribution in [2.45, 2.75) is 35.7 Å². The molecule has 5 rings (SSSR count). The highest BCUT2D eigenvalue weighted by Gasteiger charge is 2.63. The van der Waals surface area contributed by atoms with Gasteiger partial charge in [0, 0.05) is 37.8 Å². The standard InChI is InChI=1S/C32H34FN3O9S/c1-34(2)30(39)25-7-6-14-35(25)32(23-15-19(16-29(37)38)8-12-26(23)44-4)22-17-20(33)9-11-24(22)36(31(32)40)46(41,42)28-13-10-21(43-3)18-27(28)45-5/h8-13,15,17-18,25H,6-7,14,16H2,1-5H3,(H,37,38)/t25-,32?/m0/s1. The summed E-state index contributed by atoms with van der Waals surface area (Å²) >= 11 is 0. The number of sulfonamides is 1. The van der Waals surface area contributed by atoms with Crippen LogP contribution in [-0.4, -0.2) is 89.1 Å². The molecule has 3 aromatic carbocycles. The first kappa shape index (κ1) is 32.7. The molecular weight excluding hydrogens is 621 g/mol. The van der Waals surface area contributed by atoms with Gasteiger partial charge in [-0.25, -0.2) is 17.1 Å². The van der Waals surface area contributed by atoms with E-state index in [1.54, 1.807) is 19.0 Å². The Balaban J connectivity index is 1.88. The number of hydrogen-bond acceptors (Lipinski definition) is 9. The zero-order valence-electron chi connectivity index (χ0n) is 25.9. The molecule has 2 amide bonds. The third kappa shape index (κ3) is 5.10. The van der Waals surface area contributed by atoms with Crippen LogP contribution < -0.4 is 18.5 Å². The van der Waals surface area contributed by atoms with Gasteiger partial charge >= 0.3 is 5.97 Å². The minimum Gasteiger partial charge on any atom is -0.497 e. The average Bonchev–Trinajstić information content (AvgIpc) is 3.60. The third-order valence-corrected chi connectivity index (χ3v) is 10.1. The Bertz CT molecular complexity index is 1830. The van der Waals surface area contributed by atoms with E-state index in [1.807, 2.05) is 0 Å². The lowest BCUT2D eigenvalue weighted by molar-refractivity contribution is -0.138. The summed E-state index contributed by atoms with van der Waals surface area (Å²) in [5.41, 5.74) is -1.96. The maximum absolute atomic E-state index is 15.3. The molecule has 2 aliphatic heterocycles. The van der Waals surface area contributed by atoms with Crippen molar-refractivity contribution in [1.82, 2.24) is 9.80 Å². The van der Waals surface area contributed by atoms with E-state index in [2.05, 4.69) is 0 Å². The van der Waals surface area contributed by atoms with E-state index in [0.29, 0.717) is 22.9 Å². The molecule has 12 nitrogen and oxygen atoms in total. The second-order valence-electron chi connectivity index (χ2n) is 11.2. The van der Waals surface area contributed by atoms with Crippen LogP contribution in [0.3, 0.4) is 0 Å². The number of fused-ring (bicyclic) bond motifs is 1. The lowest BCUT2D eigenvalue weighted by atomic mass is 9.80. The number of carboxylic acid groups (broad SMARTS) is 1. The lowest BCUT2D eigenvalue weighted by Gasteiger charge is -2.42. The normalized spacial score (nSPS) is 19.6. The van der Waals surface area contributed by atoms with Crippen LogP contribution in [0.5, 0.6) is 17.2 Å². The number of carbonyl (C=O) groups excluding carboxylic acids is 2. The summed E-state index contributed by atoms with van der Waals surface area (Å²) in [7, 11) is 2.38. The van der Waals surface area contributed by atoms with E-state index >= 15 is 9.18 Å². The van der Waals surface area contributed by atoms with Crippen LogP contribution in [0.25, 0.3) is 0 Å². The summed E-state index contributed by atoms with van der Waals surface area (Å²) in [6.07, 6.45) is 0.357. The number of hydrogen-bond donors (Lipinski definition) is 1. The van der Waals surface area contributed by atoms with Crippen LogP contribution in [-0.2, 0) is 36.4 Å². The molecule has 244 valence electrons. The molecule has 0 radical (unpaired) electrons. The molecule has 46 heavy (non-hydrogen) atoms. The highest BCUT2D eigenvalue weighted by Crippen LogP contribution is 2.55. The number of halogens is 1.